The lowest BCUT2D eigenvalue weighted by Gasteiger charge is -2.26. The molecular weight excluding hydrogens is 975 g/mol. The Morgan fingerprint density at radius 1 is 0.889 bits per heavy atom. The van der Waals surface area contributed by atoms with E-state index in [0.29, 0.717) is 86.1 Å². The number of fused-ring (bicyclic) bond motifs is 1. The number of unbranched alkanes of at least 4 members (excludes halogenated alkanes) is 2. The average molecular weight is 1040 g/mol. The Kier molecular flexibility index (Phi) is 21.8. The fourth-order valence-electron chi connectivity index (χ4n) is 8.07. The van der Waals surface area contributed by atoms with E-state index in [4.69, 9.17) is 36.5 Å². The van der Waals surface area contributed by atoms with E-state index in [-0.39, 0.29) is 67.0 Å². The molecule has 7 amide bonds. The van der Waals surface area contributed by atoms with E-state index in [2.05, 4.69) is 31.5 Å². The summed E-state index contributed by atoms with van der Waals surface area (Å²) in [6.07, 6.45) is 7.10. The van der Waals surface area contributed by atoms with Crippen molar-refractivity contribution in [2.75, 3.05) is 70.3 Å². The number of imide groups is 1. The van der Waals surface area contributed by atoms with Gasteiger partial charge < -0.3 is 58.9 Å². The Bertz CT molecular complexity index is 2550. The molecule has 1 aromatic heterocycles. The van der Waals surface area contributed by atoms with Gasteiger partial charge in [-0.2, -0.15) is 0 Å². The first-order chi connectivity index (χ1) is 34.2. The minimum absolute atomic E-state index is 0. The van der Waals surface area contributed by atoms with Crippen LogP contribution in [0.4, 0.5) is 26.4 Å². The second kappa shape index (κ2) is 27.8. The predicted molar refractivity (Wildman–Crippen MR) is 265 cm³/mol. The Morgan fingerprint density at radius 2 is 1.61 bits per heavy atom. The van der Waals surface area contributed by atoms with Crippen molar-refractivity contribution in [1.29, 1.82) is 0 Å². The largest absolute Gasteiger partial charge is 1.00 e. The van der Waals surface area contributed by atoms with Crippen molar-refractivity contribution in [1.82, 2.24) is 30.7 Å². The van der Waals surface area contributed by atoms with Crippen LogP contribution in [0.15, 0.2) is 73.1 Å². The molecule has 19 nitrogen and oxygen atoms in total. The molecule has 0 bridgehead atoms. The highest BCUT2D eigenvalue weighted by Crippen LogP contribution is 2.35. The molecule has 2 atom stereocenters. The smallest absolute Gasteiger partial charge is 0.312 e. The zero-order valence-electron chi connectivity index (χ0n) is 40.6. The summed E-state index contributed by atoms with van der Waals surface area (Å²) < 4.78 is 33.6. The van der Waals surface area contributed by atoms with Crippen molar-refractivity contribution >= 4 is 75.3 Å². The quantitative estimate of drug-likeness (QED) is 0.0300. The van der Waals surface area contributed by atoms with E-state index in [1.165, 1.54) is 24.3 Å². The summed E-state index contributed by atoms with van der Waals surface area (Å²) in [5.74, 6) is -1.47. The number of benzene rings is 3. The highest BCUT2D eigenvalue weighted by Gasteiger charge is 2.29. The molecule has 3 heterocycles. The fourth-order valence-corrected chi connectivity index (χ4v) is 8.25. The van der Waals surface area contributed by atoms with Crippen molar-refractivity contribution in [3.63, 3.8) is 0 Å². The van der Waals surface area contributed by atoms with Crippen LogP contribution in [-0.2, 0) is 35.3 Å². The molecule has 6 rings (SSSR count). The topological polar surface area (TPSA) is 240 Å². The molecule has 0 unspecified atom stereocenters. The number of rotatable bonds is 26. The Labute approximate surface area is 429 Å². The maximum absolute atomic E-state index is 14.1. The molecule has 1 fully saturated rings. The van der Waals surface area contributed by atoms with Gasteiger partial charge >= 0.3 is 6.03 Å². The highest BCUT2D eigenvalue weighted by atomic mass is 35.5. The van der Waals surface area contributed by atoms with Gasteiger partial charge in [-0.1, -0.05) is 44.0 Å². The van der Waals surface area contributed by atoms with Crippen LogP contribution in [0.5, 0.6) is 11.5 Å². The van der Waals surface area contributed by atoms with Gasteiger partial charge in [-0.05, 0) is 78.9 Å². The Hall–Kier alpha value is -6.61. The van der Waals surface area contributed by atoms with Crippen LogP contribution >= 0.6 is 11.6 Å². The summed E-state index contributed by atoms with van der Waals surface area (Å²) in [5, 5.41) is 14.9. The zero-order chi connectivity index (χ0) is 50.9. The SMILES string of the molecule is COc1cc2c(cc1OCCCN1CCOCC1)c(Nc1ccc(F)c(Cl)c1)nc[n+]2Cc1ccc(NC(=O)[C@H](CCCNC(N)=O)NC(=O)[C@@H](NC(=O)CCCCCN2C(=O)C=CC2=O)C(C)C)cc1.[Cl-]. The number of primary amides is 1. The molecule has 1 saturated heterocycles. The van der Waals surface area contributed by atoms with Crippen molar-refractivity contribution in [3.05, 3.63) is 89.5 Å². The molecule has 0 saturated carbocycles. The summed E-state index contributed by atoms with van der Waals surface area (Å²) in [6.45, 7) is 8.86. The number of carbonyl (C=O) groups is 6. The van der Waals surface area contributed by atoms with E-state index in [0.717, 1.165) is 42.0 Å². The van der Waals surface area contributed by atoms with Gasteiger partial charge in [-0.15, -0.1) is 0 Å². The highest BCUT2D eigenvalue weighted by molar-refractivity contribution is 6.31. The number of hydrogen-bond acceptors (Lipinski definition) is 12. The number of carbonyl (C=O) groups excluding carboxylic acids is 6. The normalized spacial score (nSPS) is 14.4. The van der Waals surface area contributed by atoms with Gasteiger partial charge in [-0.25, -0.2) is 13.8 Å². The van der Waals surface area contributed by atoms with Crippen molar-refractivity contribution in [2.45, 2.75) is 77.4 Å². The lowest BCUT2D eigenvalue weighted by atomic mass is 10.0. The third kappa shape index (κ3) is 16.5. The monoisotopic (exact) mass is 1040 g/mol. The van der Waals surface area contributed by atoms with Crippen molar-refractivity contribution < 1.29 is 64.3 Å². The second-order valence-corrected chi connectivity index (χ2v) is 18.0. The van der Waals surface area contributed by atoms with Crippen molar-refractivity contribution in [2.24, 2.45) is 11.7 Å². The number of anilines is 3. The molecule has 72 heavy (non-hydrogen) atoms. The number of hydrogen-bond donors (Lipinski definition) is 6. The standard InChI is InChI=1S/C50H62ClFN10O9.ClH/c1-32(2)46(59-43(63)10-5-4-6-21-62-44(64)17-18-45(62)65)49(67)58-39(9-7-19-54-50(53)68)48(66)57-34-13-11-33(12-14-34)30-61-31-55-47(56-35-15-16-38(52)37(51)27-35)36-28-42(41(69-3)29-40(36)61)71-24-8-20-60-22-25-70-26-23-60;/h11-18,27-29,31-32,39,46H,4-10,19-26,30H2,1-3H3,(H6,53,54,57,58,59,63,66,67,68);1H/t39-,46-;/m0./s1. The first kappa shape index (κ1) is 56.3. The third-order valence-corrected chi connectivity index (χ3v) is 12.3. The molecule has 0 radical (unpaired) electrons. The maximum atomic E-state index is 14.1. The summed E-state index contributed by atoms with van der Waals surface area (Å²) in [6, 6.07) is 12.5. The molecule has 0 spiro atoms. The van der Waals surface area contributed by atoms with Crippen LogP contribution in [0.1, 0.15) is 64.4 Å². The summed E-state index contributed by atoms with van der Waals surface area (Å²) >= 11 is 6.12. The van der Waals surface area contributed by atoms with E-state index in [1.807, 2.05) is 28.8 Å². The number of nitrogens with two attached hydrogens (primary N) is 1. The van der Waals surface area contributed by atoms with Crippen LogP contribution in [0.3, 0.4) is 0 Å². The number of morpholine rings is 1. The first-order valence-electron chi connectivity index (χ1n) is 23.8. The number of amides is 7. The third-order valence-electron chi connectivity index (χ3n) is 12.0. The second-order valence-electron chi connectivity index (χ2n) is 17.6. The van der Waals surface area contributed by atoms with E-state index < -0.39 is 35.7 Å². The van der Waals surface area contributed by atoms with Gasteiger partial charge in [0.05, 0.1) is 37.3 Å². The Balaban J connectivity index is 0.00000963. The molecule has 4 aromatic rings. The lowest BCUT2D eigenvalue weighted by molar-refractivity contribution is -0.665. The van der Waals surface area contributed by atoms with Crippen LogP contribution in [0.2, 0.25) is 5.02 Å². The first-order valence-corrected chi connectivity index (χ1v) is 24.2. The fraction of sp³-hybridized carbons (Fsp3) is 0.440. The van der Waals surface area contributed by atoms with Crippen LogP contribution < -0.4 is 58.8 Å². The number of urea groups is 1. The number of aromatic nitrogens is 2. The van der Waals surface area contributed by atoms with Gasteiger partial charge in [0.25, 0.3) is 24.0 Å². The van der Waals surface area contributed by atoms with Crippen molar-refractivity contribution in [3.8, 4) is 11.5 Å². The van der Waals surface area contributed by atoms with Gasteiger partial charge in [0.1, 0.15) is 30.0 Å². The van der Waals surface area contributed by atoms with Crippen LogP contribution in [0, 0.1) is 11.7 Å². The predicted octanol–water partition coefficient (Wildman–Crippen LogP) is 1.72. The molecule has 388 valence electrons. The van der Waals surface area contributed by atoms with E-state index in [1.54, 1.807) is 45.5 Å². The average Bonchev–Trinajstić information content (AvgIpc) is 3.67. The van der Waals surface area contributed by atoms with Gasteiger partial charge in [0.2, 0.25) is 17.7 Å². The number of nitrogens with one attached hydrogen (secondary N) is 5. The molecule has 22 heteroatoms. The van der Waals surface area contributed by atoms with Gasteiger partial charge in [-0.3, -0.25) is 33.8 Å². The van der Waals surface area contributed by atoms with Gasteiger partial charge in [0.15, 0.2) is 11.5 Å². The molecule has 3 aromatic carbocycles. The lowest BCUT2D eigenvalue weighted by Crippen LogP contribution is -3.00. The molecule has 0 aliphatic carbocycles. The zero-order valence-corrected chi connectivity index (χ0v) is 42.2. The summed E-state index contributed by atoms with van der Waals surface area (Å²) in [5.41, 5.74) is 7.84. The minimum Gasteiger partial charge on any atom is -1.00 e. The number of methoxy groups -OCH3 is 1. The summed E-state index contributed by atoms with van der Waals surface area (Å²) in [7, 11) is 1.58. The number of halogens is 3. The minimum atomic E-state index is -1.04. The van der Waals surface area contributed by atoms with E-state index in [9.17, 15) is 33.2 Å². The number of ether oxygens (including phenoxy) is 3. The molecule has 2 aliphatic rings. The van der Waals surface area contributed by atoms with E-state index >= 15 is 0 Å². The maximum Gasteiger partial charge on any atom is 0.312 e. The Morgan fingerprint density at radius 3 is 2.29 bits per heavy atom. The molecule has 2 aliphatic heterocycles. The van der Waals surface area contributed by atoms with Crippen LogP contribution in [0.25, 0.3) is 10.9 Å². The molecule has 7 N–H and O–H groups in total. The van der Waals surface area contributed by atoms with Crippen LogP contribution in [-0.4, -0.2) is 122 Å². The van der Waals surface area contributed by atoms with Gasteiger partial charge in [0, 0.05) is 74.8 Å². The summed E-state index contributed by atoms with van der Waals surface area (Å²) in [4.78, 5) is 83.7. The molecular formula is C50H63Cl2FN10O9. The number of nitrogens with zero attached hydrogens (tertiary/aromatic N) is 4.